The van der Waals surface area contributed by atoms with Gasteiger partial charge in [0.1, 0.15) is 12.1 Å². The van der Waals surface area contributed by atoms with E-state index in [2.05, 4.69) is 22.5 Å². The van der Waals surface area contributed by atoms with E-state index in [1.165, 1.54) is 6.08 Å². The fraction of sp³-hybridized carbons (Fsp3) is 0.333. The molecule has 1 aliphatic heterocycles. The van der Waals surface area contributed by atoms with Crippen molar-refractivity contribution in [3.05, 3.63) is 48.0 Å². The van der Waals surface area contributed by atoms with Gasteiger partial charge >= 0.3 is 12.1 Å². The average molecular weight is 356 g/mol. The van der Waals surface area contributed by atoms with Gasteiger partial charge in [-0.3, -0.25) is 19.8 Å². The third kappa shape index (κ3) is 3.05. The lowest BCUT2D eigenvalue weighted by Crippen LogP contribution is -2.48. The summed E-state index contributed by atoms with van der Waals surface area (Å²) in [6, 6.07) is 6.15. The summed E-state index contributed by atoms with van der Waals surface area (Å²) in [7, 11) is 0. The van der Waals surface area contributed by atoms with Crippen LogP contribution in [0, 0.1) is 0 Å². The van der Waals surface area contributed by atoms with E-state index in [9.17, 15) is 19.2 Å². The Labute approximate surface area is 150 Å². The van der Waals surface area contributed by atoms with Crippen molar-refractivity contribution < 1.29 is 19.2 Å². The zero-order chi connectivity index (χ0) is 18.7. The molecule has 3 N–H and O–H groups in total. The van der Waals surface area contributed by atoms with Crippen LogP contribution in [-0.4, -0.2) is 41.9 Å². The molecule has 1 fully saturated rings. The molecule has 1 aromatic rings. The van der Waals surface area contributed by atoms with E-state index in [0.717, 1.165) is 28.9 Å². The van der Waals surface area contributed by atoms with E-state index in [0.29, 0.717) is 6.42 Å². The number of carbonyl (C=O) groups excluding carboxylic acids is 4. The number of hydrogen-bond acceptors (Lipinski definition) is 4. The number of imide groups is 2. The van der Waals surface area contributed by atoms with Gasteiger partial charge in [-0.2, -0.15) is 0 Å². The maximum absolute atomic E-state index is 13.0. The number of carbonyl (C=O) groups is 4. The van der Waals surface area contributed by atoms with Gasteiger partial charge < -0.3 is 10.6 Å². The molecule has 1 aliphatic carbocycles. The predicted molar refractivity (Wildman–Crippen MR) is 93.0 cm³/mol. The number of aryl methyl sites for hydroxylation is 1. The first-order valence-corrected chi connectivity index (χ1v) is 8.39. The SMILES string of the molecule is C=CCNC(=O)NC(=O)CN1C(=O)N[C@@]2(CCCc3ccccc32)C1=O. The predicted octanol–water partition coefficient (Wildman–Crippen LogP) is 0.782. The number of amides is 6. The summed E-state index contributed by atoms with van der Waals surface area (Å²) in [4.78, 5) is 49.7. The second-order valence-electron chi connectivity index (χ2n) is 6.28. The number of nitrogens with zero attached hydrogens (tertiary/aromatic N) is 1. The Bertz CT molecular complexity index is 791. The monoisotopic (exact) mass is 356 g/mol. The highest BCUT2D eigenvalue weighted by Gasteiger charge is 2.54. The number of benzene rings is 1. The molecule has 0 unspecified atom stereocenters. The number of rotatable bonds is 4. The minimum atomic E-state index is -1.13. The van der Waals surface area contributed by atoms with Crippen molar-refractivity contribution in [3.63, 3.8) is 0 Å². The van der Waals surface area contributed by atoms with E-state index in [1.54, 1.807) is 0 Å². The second kappa shape index (κ2) is 6.99. The summed E-state index contributed by atoms with van der Waals surface area (Å²) in [5, 5.41) is 7.23. The van der Waals surface area contributed by atoms with Crippen molar-refractivity contribution in [1.29, 1.82) is 0 Å². The summed E-state index contributed by atoms with van der Waals surface area (Å²) >= 11 is 0. The Hall–Kier alpha value is -3.16. The van der Waals surface area contributed by atoms with E-state index < -0.39 is 36.0 Å². The van der Waals surface area contributed by atoms with Crippen LogP contribution >= 0.6 is 0 Å². The molecule has 1 aromatic carbocycles. The molecule has 1 spiro atoms. The van der Waals surface area contributed by atoms with Crippen LogP contribution < -0.4 is 16.0 Å². The molecule has 0 aromatic heterocycles. The zero-order valence-corrected chi connectivity index (χ0v) is 14.2. The molecule has 8 heteroatoms. The molecule has 8 nitrogen and oxygen atoms in total. The molecule has 2 aliphatic rings. The smallest absolute Gasteiger partial charge is 0.325 e. The molecule has 0 bridgehead atoms. The van der Waals surface area contributed by atoms with Gasteiger partial charge in [-0.25, -0.2) is 9.59 Å². The minimum Gasteiger partial charge on any atom is -0.334 e. The largest absolute Gasteiger partial charge is 0.334 e. The second-order valence-corrected chi connectivity index (χ2v) is 6.28. The number of urea groups is 2. The maximum Gasteiger partial charge on any atom is 0.325 e. The molecule has 136 valence electrons. The Morgan fingerprint density at radius 1 is 1.31 bits per heavy atom. The van der Waals surface area contributed by atoms with Gasteiger partial charge in [0, 0.05) is 6.54 Å². The molecule has 0 saturated carbocycles. The van der Waals surface area contributed by atoms with E-state index in [1.807, 2.05) is 24.3 Å². The van der Waals surface area contributed by atoms with Crippen LogP contribution in [-0.2, 0) is 21.5 Å². The fourth-order valence-corrected chi connectivity index (χ4v) is 3.47. The van der Waals surface area contributed by atoms with Crippen LogP contribution in [0.25, 0.3) is 0 Å². The normalized spacial score (nSPS) is 21.2. The van der Waals surface area contributed by atoms with Crippen molar-refractivity contribution in [2.75, 3.05) is 13.1 Å². The standard InChI is InChI=1S/C18H20N4O4/c1-2-10-19-16(25)20-14(23)11-22-15(24)18(21-17(22)26)9-5-7-12-6-3-4-8-13(12)18/h2-4,6,8H,1,5,7,9-11H2,(H,21,26)(H2,19,20,23,25)/t18-/m1/s1. The summed E-state index contributed by atoms with van der Waals surface area (Å²) < 4.78 is 0. The zero-order valence-electron chi connectivity index (χ0n) is 14.2. The van der Waals surface area contributed by atoms with Crippen molar-refractivity contribution in [3.8, 4) is 0 Å². The highest BCUT2D eigenvalue weighted by molar-refractivity contribution is 6.10. The lowest BCUT2D eigenvalue weighted by molar-refractivity contribution is -0.135. The number of fused-ring (bicyclic) bond motifs is 2. The van der Waals surface area contributed by atoms with Gasteiger partial charge in [0.25, 0.3) is 5.91 Å². The molecule has 1 heterocycles. The van der Waals surface area contributed by atoms with Gasteiger partial charge in [-0.1, -0.05) is 30.3 Å². The molecule has 1 saturated heterocycles. The number of nitrogens with one attached hydrogen (secondary N) is 3. The Kier molecular flexibility index (Phi) is 4.75. The van der Waals surface area contributed by atoms with Crippen LogP contribution in [0.15, 0.2) is 36.9 Å². The van der Waals surface area contributed by atoms with Crippen LogP contribution in [0.4, 0.5) is 9.59 Å². The van der Waals surface area contributed by atoms with Gasteiger partial charge in [0.05, 0.1) is 0 Å². The van der Waals surface area contributed by atoms with E-state index in [-0.39, 0.29) is 6.54 Å². The molecule has 3 rings (SSSR count). The maximum atomic E-state index is 13.0. The van der Waals surface area contributed by atoms with Crippen LogP contribution in [0.3, 0.4) is 0 Å². The van der Waals surface area contributed by atoms with Crippen molar-refractivity contribution in [1.82, 2.24) is 20.9 Å². The van der Waals surface area contributed by atoms with Gasteiger partial charge in [-0.15, -0.1) is 6.58 Å². The topological polar surface area (TPSA) is 108 Å². The summed E-state index contributed by atoms with van der Waals surface area (Å²) in [6.45, 7) is 3.13. The van der Waals surface area contributed by atoms with Gasteiger partial charge in [0.2, 0.25) is 5.91 Å². The first-order chi connectivity index (χ1) is 12.5. The summed E-state index contributed by atoms with van der Waals surface area (Å²) in [5.74, 6) is -1.20. The highest BCUT2D eigenvalue weighted by Crippen LogP contribution is 2.39. The molecular weight excluding hydrogens is 336 g/mol. The first-order valence-electron chi connectivity index (χ1n) is 8.39. The Balaban J connectivity index is 1.75. The van der Waals surface area contributed by atoms with Crippen LogP contribution in [0.5, 0.6) is 0 Å². The molecule has 26 heavy (non-hydrogen) atoms. The fourth-order valence-electron chi connectivity index (χ4n) is 3.47. The molecular formula is C18H20N4O4. The minimum absolute atomic E-state index is 0.197. The van der Waals surface area contributed by atoms with E-state index >= 15 is 0 Å². The lowest BCUT2D eigenvalue weighted by Gasteiger charge is -2.33. The summed E-state index contributed by atoms with van der Waals surface area (Å²) in [5.41, 5.74) is 0.663. The van der Waals surface area contributed by atoms with Crippen LogP contribution in [0.2, 0.25) is 0 Å². The molecule has 1 atom stereocenters. The number of hydrogen-bond donors (Lipinski definition) is 3. The van der Waals surface area contributed by atoms with Crippen molar-refractivity contribution >= 4 is 23.9 Å². The quantitative estimate of drug-likeness (QED) is 0.547. The third-order valence-corrected chi connectivity index (χ3v) is 4.61. The third-order valence-electron chi connectivity index (χ3n) is 4.61. The summed E-state index contributed by atoms with van der Waals surface area (Å²) in [6.07, 6.45) is 3.54. The molecule has 0 radical (unpaired) electrons. The lowest BCUT2D eigenvalue weighted by atomic mass is 9.76. The molecule has 6 amide bonds. The average Bonchev–Trinajstić information content (AvgIpc) is 2.85. The first kappa shape index (κ1) is 17.7. The van der Waals surface area contributed by atoms with Crippen molar-refractivity contribution in [2.24, 2.45) is 0 Å². The Morgan fingerprint density at radius 2 is 2.08 bits per heavy atom. The van der Waals surface area contributed by atoms with Crippen molar-refractivity contribution in [2.45, 2.75) is 24.8 Å². The Morgan fingerprint density at radius 3 is 2.85 bits per heavy atom. The highest BCUT2D eigenvalue weighted by atomic mass is 16.2. The van der Waals surface area contributed by atoms with Gasteiger partial charge in [-0.05, 0) is 30.4 Å². The van der Waals surface area contributed by atoms with Crippen LogP contribution in [0.1, 0.15) is 24.0 Å². The van der Waals surface area contributed by atoms with Gasteiger partial charge in [0.15, 0.2) is 0 Å². The van der Waals surface area contributed by atoms with E-state index in [4.69, 9.17) is 0 Å².